The molecule has 1 aromatic rings. The highest BCUT2D eigenvalue weighted by atomic mass is 16.5. The Labute approximate surface area is 110 Å². The normalized spacial score (nSPS) is 12.8. The van der Waals surface area contributed by atoms with Crippen molar-refractivity contribution in [3.05, 3.63) is 35.4 Å². The molecule has 0 atom stereocenters. The van der Waals surface area contributed by atoms with Crippen molar-refractivity contribution < 1.29 is 9.84 Å². The van der Waals surface area contributed by atoms with Crippen molar-refractivity contribution in [3.8, 4) is 0 Å². The third kappa shape index (κ3) is 3.80. The summed E-state index contributed by atoms with van der Waals surface area (Å²) >= 11 is 0. The van der Waals surface area contributed by atoms with E-state index >= 15 is 0 Å². The molecule has 0 unspecified atom stereocenters. The van der Waals surface area contributed by atoms with Crippen LogP contribution in [0.5, 0.6) is 0 Å². The molecule has 1 rings (SSSR count). The van der Waals surface area contributed by atoms with Crippen molar-refractivity contribution in [2.75, 3.05) is 7.11 Å². The molecule has 0 fully saturated rings. The van der Waals surface area contributed by atoms with Gasteiger partial charge in [0.05, 0.1) is 12.2 Å². The van der Waals surface area contributed by atoms with Crippen LogP contribution in [0.25, 0.3) is 0 Å². The monoisotopic (exact) mass is 251 g/mol. The molecule has 0 bridgehead atoms. The Bertz CT molecular complexity index is 380. The van der Waals surface area contributed by atoms with Crippen LogP contribution in [0, 0.1) is 0 Å². The van der Waals surface area contributed by atoms with E-state index in [1.54, 1.807) is 7.11 Å². The fraction of sp³-hybridized carbons (Fsp3) is 0.600. The number of hydrogen-bond acceptors (Lipinski definition) is 3. The summed E-state index contributed by atoms with van der Waals surface area (Å²) in [4.78, 5) is 0. The lowest BCUT2D eigenvalue weighted by Crippen LogP contribution is -2.55. The second kappa shape index (κ2) is 5.83. The average Bonchev–Trinajstić information content (AvgIpc) is 2.27. The Hall–Kier alpha value is -0.900. The highest BCUT2D eigenvalue weighted by Crippen LogP contribution is 2.21. The molecule has 0 aliphatic rings. The fourth-order valence-corrected chi connectivity index (χ4v) is 1.56. The number of benzene rings is 1. The van der Waals surface area contributed by atoms with Crippen molar-refractivity contribution in [3.63, 3.8) is 0 Å². The van der Waals surface area contributed by atoms with Crippen LogP contribution < -0.4 is 5.32 Å². The third-order valence-corrected chi connectivity index (χ3v) is 3.67. The van der Waals surface area contributed by atoms with Gasteiger partial charge < -0.3 is 15.2 Å². The van der Waals surface area contributed by atoms with Crippen LogP contribution in [0.15, 0.2) is 24.3 Å². The largest absolute Gasteiger partial charge is 0.389 e. The van der Waals surface area contributed by atoms with Gasteiger partial charge in [-0.15, -0.1) is 0 Å². The molecule has 3 nitrogen and oxygen atoms in total. The maximum absolute atomic E-state index is 10.1. The second-order valence-electron chi connectivity index (χ2n) is 5.74. The quantitative estimate of drug-likeness (QED) is 0.816. The first-order chi connectivity index (χ1) is 8.28. The van der Waals surface area contributed by atoms with Crippen LogP contribution in [0.4, 0.5) is 0 Å². The number of ether oxygens (including phenoxy) is 1. The van der Waals surface area contributed by atoms with Crippen molar-refractivity contribution >= 4 is 0 Å². The van der Waals surface area contributed by atoms with Gasteiger partial charge in [0, 0.05) is 19.2 Å². The highest BCUT2D eigenvalue weighted by molar-refractivity contribution is 5.26. The zero-order valence-corrected chi connectivity index (χ0v) is 12.1. The van der Waals surface area contributed by atoms with E-state index in [1.165, 1.54) is 11.1 Å². The molecule has 0 aromatic heterocycles. The molecule has 18 heavy (non-hydrogen) atoms. The molecule has 0 heterocycles. The van der Waals surface area contributed by atoms with Crippen molar-refractivity contribution in [1.82, 2.24) is 5.32 Å². The summed E-state index contributed by atoms with van der Waals surface area (Å²) in [5.74, 6) is 0. The van der Waals surface area contributed by atoms with Gasteiger partial charge in [0.15, 0.2) is 0 Å². The van der Waals surface area contributed by atoms with Gasteiger partial charge in [0.25, 0.3) is 0 Å². The molecule has 2 N–H and O–H groups in total. The topological polar surface area (TPSA) is 41.5 Å². The Morgan fingerprint density at radius 3 is 2.17 bits per heavy atom. The SMILES string of the molecule is COCc1ccccc1CNC(C)(C)C(C)(C)O. The summed E-state index contributed by atoms with van der Waals surface area (Å²) in [5, 5.41) is 13.5. The van der Waals surface area contributed by atoms with Gasteiger partial charge in [-0.2, -0.15) is 0 Å². The van der Waals surface area contributed by atoms with Crippen molar-refractivity contribution in [2.45, 2.75) is 52.0 Å². The van der Waals surface area contributed by atoms with Crippen LogP contribution in [-0.2, 0) is 17.9 Å². The van der Waals surface area contributed by atoms with Crippen LogP contribution in [0.2, 0.25) is 0 Å². The fourth-order valence-electron chi connectivity index (χ4n) is 1.56. The summed E-state index contributed by atoms with van der Waals surface area (Å²) in [7, 11) is 1.70. The molecule has 0 spiro atoms. The molecule has 0 aliphatic carbocycles. The Kier molecular flexibility index (Phi) is 4.91. The zero-order chi connectivity index (χ0) is 13.8. The molecular weight excluding hydrogens is 226 g/mol. The van der Waals surface area contributed by atoms with Crippen LogP contribution in [-0.4, -0.2) is 23.4 Å². The van der Waals surface area contributed by atoms with Gasteiger partial charge in [-0.1, -0.05) is 24.3 Å². The van der Waals surface area contributed by atoms with Gasteiger partial charge in [-0.25, -0.2) is 0 Å². The van der Waals surface area contributed by atoms with E-state index in [1.807, 2.05) is 39.8 Å². The van der Waals surface area contributed by atoms with Crippen molar-refractivity contribution in [2.24, 2.45) is 0 Å². The summed E-state index contributed by atoms with van der Waals surface area (Å²) in [6.07, 6.45) is 0. The van der Waals surface area contributed by atoms with Gasteiger partial charge in [-0.05, 0) is 38.8 Å². The minimum absolute atomic E-state index is 0.354. The summed E-state index contributed by atoms with van der Waals surface area (Å²) in [6.45, 7) is 8.98. The molecule has 3 heteroatoms. The van der Waals surface area contributed by atoms with Crippen LogP contribution in [0.1, 0.15) is 38.8 Å². The van der Waals surface area contributed by atoms with Gasteiger partial charge in [0.1, 0.15) is 0 Å². The van der Waals surface area contributed by atoms with Crippen LogP contribution >= 0.6 is 0 Å². The smallest absolute Gasteiger partial charge is 0.0767 e. The lowest BCUT2D eigenvalue weighted by molar-refractivity contribution is -0.00538. The minimum atomic E-state index is -0.775. The second-order valence-corrected chi connectivity index (χ2v) is 5.74. The summed E-state index contributed by atoms with van der Waals surface area (Å²) in [6, 6.07) is 8.19. The van der Waals surface area contributed by atoms with Gasteiger partial charge >= 0.3 is 0 Å². The molecule has 0 aliphatic heterocycles. The Morgan fingerprint density at radius 1 is 1.11 bits per heavy atom. The minimum Gasteiger partial charge on any atom is -0.389 e. The Morgan fingerprint density at radius 2 is 1.67 bits per heavy atom. The van der Waals surface area contributed by atoms with Gasteiger partial charge in [-0.3, -0.25) is 0 Å². The molecule has 102 valence electrons. The lowest BCUT2D eigenvalue weighted by atomic mass is 9.85. The van der Waals surface area contributed by atoms with E-state index in [0.717, 1.165) is 6.54 Å². The zero-order valence-electron chi connectivity index (χ0n) is 12.1. The predicted molar refractivity (Wildman–Crippen MR) is 74.4 cm³/mol. The number of nitrogens with one attached hydrogen (secondary N) is 1. The standard InChI is InChI=1S/C15H25NO2/c1-14(2,15(3,4)17)16-10-12-8-6-7-9-13(12)11-18-5/h6-9,16-17H,10-11H2,1-5H3. The Balaban J connectivity index is 2.75. The predicted octanol–water partition coefficient (Wildman–Crippen LogP) is 2.47. The average molecular weight is 251 g/mol. The van der Waals surface area contributed by atoms with E-state index in [4.69, 9.17) is 4.74 Å². The van der Waals surface area contributed by atoms with E-state index in [0.29, 0.717) is 6.61 Å². The van der Waals surface area contributed by atoms with E-state index in [-0.39, 0.29) is 5.54 Å². The van der Waals surface area contributed by atoms with E-state index in [2.05, 4.69) is 17.4 Å². The molecule has 0 saturated heterocycles. The maximum Gasteiger partial charge on any atom is 0.0767 e. The van der Waals surface area contributed by atoms with Crippen molar-refractivity contribution in [1.29, 1.82) is 0 Å². The van der Waals surface area contributed by atoms with E-state index in [9.17, 15) is 5.11 Å². The maximum atomic E-state index is 10.1. The number of rotatable bonds is 6. The number of methoxy groups -OCH3 is 1. The van der Waals surface area contributed by atoms with Crippen LogP contribution in [0.3, 0.4) is 0 Å². The molecule has 0 amide bonds. The van der Waals surface area contributed by atoms with E-state index < -0.39 is 5.60 Å². The molecular formula is C15H25NO2. The summed E-state index contributed by atoms with van der Waals surface area (Å²) < 4.78 is 5.19. The summed E-state index contributed by atoms with van der Waals surface area (Å²) in [5.41, 5.74) is 1.26. The van der Waals surface area contributed by atoms with Gasteiger partial charge in [0.2, 0.25) is 0 Å². The lowest BCUT2D eigenvalue weighted by Gasteiger charge is -2.38. The molecule has 1 aromatic carbocycles. The highest BCUT2D eigenvalue weighted by Gasteiger charge is 2.34. The third-order valence-electron chi connectivity index (χ3n) is 3.67. The number of hydrogen-bond donors (Lipinski definition) is 2. The number of aliphatic hydroxyl groups is 1. The first kappa shape index (κ1) is 15.2. The molecule has 0 radical (unpaired) electrons. The first-order valence-corrected chi connectivity index (χ1v) is 6.31. The molecule has 0 saturated carbocycles. The first-order valence-electron chi connectivity index (χ1n) is 6.31.